The van der Waals surface area contributed by atoms with Crippen LogP contribution in [0.25, 0.3) is 0 Å². The van der Waals surface area contributed by atoms with Gasteiger partial charge in [-0.25, -0.2) is 4.39 Å². The lowest BCUT2D eigenvalue weighted by Gasteiger charge is -2.34. The first kappa shape index (κ1) is 20.6. The molecule has 1 unspecified atom stereocenters. The van der Waals surface area contributed by atoms with E-state index in [1.165, 1.54) is 12.1 Å². The van der Waals surface area contributed by atoms with Gasteiger partial charge in [0.05, 0.1) is 26.0 Å². The Morgan fingerprint density at radius 3 is 3.10 bits per heavy atom. The summed E-state index contributed by atoms with van der Waals surface area (Å²) in [7, 11) is 1.90. The summed E-state index contributed by atoms with van der Waals surface area (Å²) >= 11 is 0. The third-order valence-corrected chi connectivity index (χ3v) is 5.19. The van der Waals surface area contributed by atoms with Crippen LogP contribution in [0.15, 0.2) is 29.5 Å². The van der Waals surface area contributed by atoms with Crippen molar-refractivity contribution in [1.29, 1.82) is 0 Å². The third-order valence-electron chi connectivity index (χ3n) is 5.19. The maximum atomic E-state index is 14.0. The predicted molar refractivity (Wildman–Crippen MR) is 110 cm³/mol. The van der Waals surface area contributed by atoms with E-state index in [4.69, 9.17) is 19.2 Å². The van der Waals surface area contributed by atoms with Crippen LogP contribution in [-0.4, -0.2) is 60.2 Å². The van der Waals surface area contributed by atoms with Crippen molar-refractivity contribution >= 4 is 5.96 Å². The summed E-state index contributed by atoms with van der Waals surface area (Å²) in [6, 6.07) is 3.00. The van der Waals surface area contributed by atoms with Crippen LogP contribution in [0.3, 0.4) is 0 Å². The summed E-state index contributed by atoms with van der Waals surface area (Å²) in [4.78, 5) is 6.99. The fourth-order valence-corrected chi connectivity index (χ4v) is 3.80. The Morgan fingerprint density at radius 1 is 1.40 bits per heavy atom. The number of rotatable bonds is 5. The number of benzene rings is 1. The summed E-state index contributed by atoms with van der Waals surface area (Å²) in [6.07, 6.45) is 4.37. The van der Waals surface area contributed by atoms with Gasteiger partial charge in [0.2, 0.25) is 0 Å². The number of halogens is 1. The number of guanidine groups is 1. The van der Waals surface area contributed by atoms with Crippen LogP contribution in [-0.2, 0) is 29.5 Å². The molecule has 30 heavy (non-hydrogen) atoms. The number of hydrogen-bond acceptors (Lipinski definition) is 5. The molecule has 1 saturated heterocycles. The van der Waals surface area contributed by atoms with Crippen LogP contribution in [0.5, 0.6) is 5.75 Å². The van der Waals surface area contributed by atoms with Crippen molar-refractivity contribution in [2.24, 2.45) is 12.0 Å². The average molecular weight is 417 g/mol. The van der Waals surface area contributed by atoms with Crippen LogP contribution in [0.1, 0.15) is 29.7 Å². The zero-order chi connectivity index (χ0) is 20.9. The molecular formula is C21H28FN5O3. The summed E-state index contributed by atoms with van der Waals surface area (Å²) in [5.41, 5.74) is 2.63. The lowest BCUT2D eigenvalue weighted by molar-refractivity contribution is -0.0172. The molecule has 2 aliphatic rings. The Hall–Kier alpha value is -2.65. The topological polar surface area (TPSA) is 73.1 Å². The van der Waals surface area contributed by atoms with E-state index in [1.807, 2.05) is 26.4 Å². The van der Waals surface area contributed by atoms with Crippen molar-refractivity contribution in [3.05, 3.63) is 47.0 Å². The number of aromatic nitrogens is 2. The summed E-state index contributed by atoms with van der Waals surface area (Å²) in [6.45, 7) is 5.99. The Balaban J connectivity index is 1.45. The third kappa shape index (κ3) is 4.73. The van der Waals surface area contributed by atoms with E-state index in [0.29, 0.717) is 32.7 Å². The largest absolute Gasteiger partial charge is 0.467 e. The summed E-state index contributed by atoms with van der Waals surface area (Å²) in [5.74, 6) is 1.29. The predicted octanol–water partition coefficient (Wildman–Crippen LogP) is 2.01. The van der Waals surface area contributed by atoms with Gasteiger partial charge in [-0.05, 0) is 31.0 Å². The normalized spacial score (nSPS) is 19.4. The Labute approximate surface area is 175 Å². The van der Waals surface area contributed by atoms with E-state index in [1.54, 1.807) is 4.68 Å². The Bertz CT molecular complexity index is 901. The highest BCUT2D eigenvalue weighted by atomic mass is 19.1. The molecule has 0 radical (unpaired) electrons. The monoisotopic (exact) mass is 417 g/mol. The number of nitrogens with zero attached hydrogens (tertiary/aromatic N) is 4. The van der Waals surface area contributed by atoms with Crippen LogP contribution in [0.2, 0.25) is 0 Å². The molecule has 0 aliphatic carbocycles. The van der Waals surface area contributed by atoms with E-state index in [9.17, 15) is 4.39 Å². The van der Waals surface area contributed by atoms with Crippen molar-refractivity contribution in [2.45, 2.75) is 26.1 Å². The van der Waals surface area contributed by atoms with Crippen molar-refractivity contribution in [1.82, 2.24) is 20.0 Å². The number of nitrogens with one attached hydrogen (secondary N) is 1. The summed E-state index contributed by atoms with van der Waals surface area (Å²) in [5, 5.41) is 7.61. The maximum Gasteiger partial charge on any atom is 0.194 e. The van der Waals surface area contributed by atoms with Gasteiger partial charge < -0.3 is 24.4 Å². The van der Waals surface area contributed by atoms with E-state index >= 15 is 0 Å². The minimum absolute atomic E-state index is 0.0417. The maximum absolute atomic E-state index is 14.0. The molecular weight excluding hydrogens is 389 g/mol. The first-order valence-electron chi connectivity index (χ1n) is 10.3. The molecule has 0 bridgehead atoms. The quantitative estimate of drug-likeness (QED) is 0.593. The number of fused-ring (bicyclic) bond motifs is 1. The van der Waals surface area contributed by atoms with Gasteiger partial charge >= 0.3 is 0 Å². The van der Waals surface area contributed by atoms with Crippen LogP contribution < -0.4 is 10.1 Å². The van der Waals surface area contributed by atoms with Gasteiger partial charge in [-0.3, -0.25) is 9.67 Å². The van der Waals surface area contributed by atoms with Crippen LogP contribution >= 0.6 is 0 Å². The first-order chi connectivity index (χ1) is 14.6. The molecule has 9 heteroatoms. The molecule has 0 spiro atoms. The van der Waals surface area contributed by atoms with Gasteiger partial charge in [-0.15, -0.1) is 0 Å². The Kier molecular flexibility index (Phi) is 6.49. The minimum atomic E-state index is -0.277. The number of morpholine rings is 1. The van der Waals surface area contributed by atoms with Gasteiger partial charge in [-0.2, -0.15) is 5.10 Å². The van der Waals surface area contributed by atoms with Gasteiger partial charge in [0.1, 0.15) is 17.7 Å². The molecule has 2 aromatic rings. The smallest absolute Gasteiger partial charge is 0.194 e. The molecule has 1 fully saturated rings. The molecule has 1 aromatic heterocycles. The highest BCUT2D eigenvalue weighted by Gasteiger charge is 2.25. The molecule has 0 saturated carbocycles. The fourth-order valence-electron chi connectivity index (χ4n) is 3.80. The SMILES string of the molecule is CCNC(=NCCc1cc(F)cc2c1OCOC2)N1CCOC(c2cnn(C)c2)C1. The van der Waals surface area contributed by atoms with Crippen molar-refractivity contribution in [3.8, 4) is 5.75 Å². The van der Waals surface area contributed by atoms with Gasteiger partial charge in [0.15, 0.2) is 12.8 Å². The average Bonchev–Trinajstić information content (AvgIpc) is 3.19. The molecule has 1 atom stereocenters. The highest BCUT2D eigenvalue weighted by Crippen LogP contribution is 2.30. The second kappa shape index (κ2) is 9.44. The zero-order valence-electron chi connectivity index (χ0n) is 17.4. The van der Waals surface area contributed by atoms with E-state index in [2.05, 4.69) is 15.3 Å². The molecule has 1 aromatic carbocycles. The minimum Gasteiger partial charge on any atom is -0.467 e. The lowest BCUT2D eigenvalue weighted by Crippen LogP contribution is -2.48. The molecule has 1 N–H and O–H groups in total. The van der Waals surface area contributed by atoms with Crippen LogP contribution in [0.4, 0.5) is 4.39 Å². The number of hydrogen-bond donors (Lipinski definition) is 1. The van der Waals surface area contributed by atoms with Crippen molar-refractivity contribution < 1.29 is 18.6 Å². The van der Waals surface area contributed by atoms with Crippen LogP contribution in [0, 0.1) is 5.82 Å². The van der Waals surface area contributed by atoms with Crippen molar-refractivity contribution in [2.75, 3.05) is 39.6 Å². The van der Waals surface area contributed by atoms with Crippen molar-refractivity contribution in [3.63, 3.8) is 0 Å². The second-order valence-electron chi connectivity index (χ2n) is 7.40. The lowest BCUT2D eigenvalue weighted by atomic mass is 10.1. The van der Waals surface area contributed by atoms with Gasteiger partial charge in [0, 0.05) is 44.0 Å². The summed E-state index contributed by atoms with van der Waals surface area (Å²) < 4.78 is 32.6. The van der Waals surface area contributed by atoms with Gasteiger partial charge in [0.25, 0.3) is 0 Å². The molecule has 0 amide bonds. The van der Waals surface area contributed by atoms with Gasteiger partial charge in [-0.1, -0.05) is 0 Å². The molecule has 2 aliphatic heterocycles. The first-order valence-corrected chi connectivity index (χ1v) is 10.3. The number of aryl methyl sites for hydroxylation is 1. The zero-order valence-corrected chi connectivity index (χ0v) is 17.4. The molecule has 8 nitrogen and oxygen atoms in total. The second-order valence-corrected chi connectivity index (χ2v) is 7.40. The van der Waals surface area contributed by atoms with E-state index in [0.717, 1.165) is 41.5 Å². The standard InChI is InChI=1S/C21H28FN5O3/c1-3-23-21(27-6-7-29-19(12-27)17-10-25-26(2)11-17)24-5-4-15-8-18(22)9-16-13-28-14-30-20(15)16/h8-11,19H,3-7,12-14H2,1-2H3,(H,23,24). The van der Waals surface area contributed by atoms with E-state index < -0.39 is 0 Å². The molecule has 4 rings (SSSR count). The van der Waals surface area contributed by atoms with E-state index in [-0.39, 0.29) is 18.7 Å². The molecule has 3 heterocycles. The Morgan fingerprint density at radius 2 is 2.30 bits per heavy atom. The number of ether oxygens (including phenoxy) is 3. The highest BCUT2D eigenvalue weighted by molar-refractivity contribution is 5.80. The number of aliphatic imine (C=N–C) groups is 1. The molecule has 162 valence electrons. The fraction of sp³-hybridized carbons (Fsp3) is 0.524.